The van der Waals surface area contributed by atoms with E-state index in [4.69, 9.17) is 0 Å². The molecule has 0 rings (SSSR count). The number of carbonyl (C=O) groups excluding carboxylic acids is 1. The zero-order valence-corrected chi connectivity index (χ0v) is 16.4. The number of alkyl halides is 16. The number of hydrogen-bond donors (Lipinski definition) is 0. The Morgan fingerprint density at radius 3 is 1.17 bits per heavy atom. The minimum atomic E-state index is -6.70. The zero-order valence-electron chi connectivity index (χ0n) is 16.4. The van der Waals surface area contributed by atoms with Gasteiger partial charge in [0.15, 0.2) is 0 Å². The summed E-state index contributed by atoms with van der Waals surface area (Å²) in [7, 11) is 0. The Kier molecular flexibility index (Phi) is 10.3. The average Bonchev–Trinajstić information content (AvgIpc) is 2.71. The Balaban J connectivity index is 6.20. The van der Waals surface area contributed by atoms with Gasteiger partial charge in [-0.1, -0.05) is 6.58 Å². The molecule has 0 saturated heterocycles. The normalized spacial score (nSPS) is 19.2. The molecule has 20 heteroatoms. The van der Waals surface area contributed by atoms with Crippen molar-refractivity contribution in [1.29, 1.82) is 0 Å². The molecule has 0 aliphatic carbocycles. The largest absolute Gasteiger partial charge is 0.405 e. The molecule has 0 heterocycles. The van der Waals surface area contributed by atoms with Crippen molar-refractivity contribution < 1.29 is 89.3 Å². The van der Waals surface area contributed by atoms with Crippen LogP contribution in [-0.2, 0) is 19.0 Å². The van der Waals surface area contributed by atoms with E-state index in [0.29, 0.717) is 0 Å². The molecule has 4 unspecified atom stereocenters. The van der Waals surface area contributed by atoms with Crippen LogP contribution in [0, 0.1) is 0 Å². The lowest BCUT2D eigenvalue weighted by Gasteiger charge is -2.37. The molecule has 0 aromatic heterocycles. The van der Waals surface area contributed by atoms with Gasteiger partial charge >= 0.3 is 35.6 Å². The van der Waals surface area contributed by atoms with Crippen LogP contribution in [0.1, 0.15) is 6.92 Å². The monoisotopic (exact) mass is 560 g/mol. The van der Waals surface area contributed by atoms with Crippen molar-refractivity contribution in [2.24, 2.45) is 0 Å². The van der Waals surface area contributed by atoms with Gasteiger partial charge in [-0.2, -0.15) is 35.1 Å². The highest BCUT2D eigenvalue weighted by Gasteiger charge is 2.72. The second kappa shape index (κ2) is 11.0. The van der Waals surface area contributed by atoms with Crippen LogP contribution in [0.4, 0.5) is 70.2 Å². The van der Waals surface area contributed by atoms with Crippen molar-refractivity contribution in [3.63, 3.8) is 0 Å². The number of carbonyl (C=O) groups is 1. The second-order valence-corrected chi connectivity index (χ2v) is 6.32. The van der Waals surface area contributed by atoms with Gasteiger partial charge in [-0.25, -0.2) is 39.9 Å². The maximum Gasteiger partial charge on any atom is 0.367 e. The topological polar surface area (TPSA) is 44.8 Å². The second-order valence-electron chi connectivity index (χ2n) is 6.32. The summed E-state index contributed by atoms with van der Waals surface area (Å²) in [6.07, 6.45) is -30.4. The molecule has 0 aromatic carbocycles. The molecule has 4 atom stereocenters. The van der Waals surface area contributed by atoms with Crippen LogP contribution < -0.4 is 0 Å². The molecule has 4 nitrogen and oxygen atoms in total. The summed E-state index contributed by atoms with van der Waals surface area (Å²) in [5, 5.41) is 0. The van der Waals surface area contributed by atoms with Gasteiger partial charge in [0, 0.05) is 13.0 Å². The SMILES string of the molecule is C=CC(=O)OC(C)(OC(F)C(F)(F)C(F)(F)C(F)C(F)F)OC(F)C(F)(F)C(F)(F)C(F)C(F)F. The third-order valence-corrected chi connectivity index (χ3v) is 3.68. The summed E-state index contributed by atoms with van der Waals surface area (Å²) in [5.41, 5.74) is 0. The zero-order chi connectivity index (χ0) is 28.4. The number of ether oxygens (including phenoxy) is 3. The molecule has 0 saturated carbocycles. The van der Waals surface area contributed by atoms with Crippen LogP contribution in [0.25, 0.3) is 0 Å². The Morgan fingerprint density at radius 1 is 0.657 bits per heavy atom. The van der Waals surface area contributed by atoms with Gasteiger partial charge in [0.2, 0.25) is 12.3 Å². The number of halogens is 16. The molecule has 0 N–H and O–H groups in total. The van der Waals surface area contributed by atoms with Crippen molar-refractivity contribution in [1.82, 2.24) is 0 Å². The van der Waals surface area contributed by atoms with Gasteiger partial charge < -0.3 is 4.74 Å². The maximum atomic E-state index is 13.8. The minimum Gasteiger partial charge on any atom is -0.405 e. The van der Waals surface area contributed by atoms with Crippen LogP contribution in [0.5, 0.6) is 0 Å². The lowest BCUT2D eigenvalue weighted by atomic mass is 10.1. The summed E-state index contributed by atoms with van der Waals surface area (Å²) in [4.78, 5) is 11.1. The molecule has 0 amide bonds. The predicted octanol–water partition coefficient (Wildman–Crippen LogP) is 5.76. The van der Waals surface area contributed by atoms with E-state index in [2.05, 4.69) is 20.8 Å². The van der Waals surface area contributed by atoms with Gasteiger partial charge in [0.1, 0.15) is 0 Å². The fraction of sp³-hybridized carbons (Fsp3) is 0.800. The van der Waals surface area contributed by atoms with Crippen molar-refractivity contribution in [2.45, 2.75) is 74.5 Å². The van der Waals surface area contributed by atoms with Gasteiger partial charge in [-0.3, -0.25) is 9.47 Å². The summed E-state index contributed by atoms with van der Waals surface area (Å²) in [5.74, 6) is -33.4. The molecule has 0 fully saturated rings. The van der Waals surface area contributed by atoms with Crippen LogP contribution in [-0.4, -0.2) is 73.5 Å². The van der Waals surface area contributed by atoms with Crippen LogP contribution >= 0.6 is 0 Å². The molecule has 35 heavy (non-hydrogen) atoms. The first-order valence-corrected chi connectivity index (χ1v) is 8.27. The predicted molar refractivity (Wildman–Crippen MR) is 78.2 cm³/mol. The number of hydrogen-bond acceptors (Lipinski definition) is 4. The fourth-order valence-electron chi connectivity index (χ4n) is 1.81. The lowest BCUT2D eigenvalue weighted by Crippen LogP contribution is -2.60. The Hall–Kier alpha value is -1.99. The van der Waals surface area contributed by atoms with E-state index in [1.54, 1.807) is 0 Å². The molecule has 0 radical (unpaired) electrons. The molecule has 0 aliphatic rings. The third kappa shape index (κ3) is 6.82. The maximum absolute atomic E-state index is 13.8. The van der Waals surface area contributed by atoms with Crippen molar-refractivity contribution in [3.05, 3.63) is 12.7 Å². The van der Waals surface area contributed by atoms with Gasteiger partial charge in [-0.05, 0) is 0 Å². The highest BCUT2D eigenvalue weighted by atomic mass is 19.3. The van der Waals surface area contributed by atoms with Crippen LogP contribution in [0.3, 0.4) is 0 Å². The standard InChI is InChI=1S/C15H12F16O4/c1-3-4(32)33-11(2,34-9(22)14(28,29)12(24,25)5(16)7(18)19)35-10(23)15(30,31)13(26,27)6(17)8(20)21/h3,5-10H,1H2,2H3. The van der Waals surface area contributed by atoms with Crippen LogP contribution in [0.15, 0.2) is 12.7 Å². The van der Waals surface area contributed by atoms with Crippen molar-refractivity contribution >= 4 is 5.97 Å². The van der Waals surface area contributed by atoms with Gasteiger partial charge in [0.05, 0.1) is 0 Å². The third-order valence-electron chi connectivity index (χ3n) is 3.68. The average molecular weight is 560 g/mol. The Morgan fingerprint density at radius 2 is 0.943 bits per heavy atom. The number of rotatable bonds is 14. The molecular formula is C15H12F16O4. The van der Waals surface area contributed by atoms with Gasteiger partial charge in [0.25, 0.3) is 25.6 Å². The molecule has 0 aliphatic heterocycles. The highest BCUT2D eigenvalue weighted by Crippen LogP contribution is 2.47. The molecular weight excluding hydrogens is 548 g/mol. The quantitative estimate of drug-likeness (QED) is 0.117. The summed E-state index contributed by atoms with van der Waals surface area (Å²) in [6, 6.07) is 0. The summed E-state index contributed by atoms with van der Waals surface area (Å²) in [6.45, 7) is 2.18. The lowest BCUT2D eigenvalue weighted by molar-refractivity contribution is -0.456. The molecule has 208 valence electrons. The molecule has 0 aromatic rings. The van der Waals surface area contributed by atoms with E-state index in [9.17, 15) is 75.0 Å². The van der Waals surface area contributed by atoms with Crippen LogP contribution in [0.2, 0.25) is 0 Å². The van der Waals surface area contributed by atoms with E-state index < -0.39 is 80.5 Å². The fourth-order valence-corrected chi connectivity index (χ4v) is 1.81. The van der Waals surface area contributed by atoms with Gasteiger partial charge in [-0.15, -0.1) is 0 Å². The van der Waals surface area contributed by atoms with Crippen molar-refractivity contribution in [2.75, 3.05) is 0 Å². The highest BCUT2D eigenvalue weighted by molar-refractivity contribution is 5.81. The first-order valence-electron chi connectivity index (χ1n) is 8.27. The first-order chi connectivity index (χ1) is 15.4. The molecule has 0 bridgehead atoms. The molecule has 0 spiro atoms. The van der Waals surface area contributed by atoms with E-state index in [1.165, 1.54) is 0 Å². The number of esters is 1. The van der Waals surface area contributed by atoms with E-state index in [-0.39, 0.29) is 6.08 Å². The van der Waals surface area contributed by atoms with E-state index in [0.717, 1.165) is 0 Å². The summed E-state index contributed by atoms with van der Waals surface area (Å²) >= 11 is 0. The van der Waals surface area contributed by atoms with E-state index >= 15 is 0 Å². The Bertz CT molecular complexity index is 684. The first kappa shape index (κ1) is 33.0. The Labute approximate surface area is 183 Å². The summed E-state index contributed by atoms with van der Waals surface area (Å²) < 4.78 is 219. The van der Waals surface area contributed by atoms with Crippen molar-refractivity contribution in [3.8, 4) is 0 Å². The van der Waals surface area contributed by atoms with E-state index in [1.807, 2.05) is 0 Å². The minimum absolute atomic E-state index is 0.0757. The smallest absolute Gasteiger partial charge is 0.367 e.